The van der Waals surface area contributed by atoms with Crippen molar-refractivity contribution in [3.05, 3.63) is 158 Å². The van der Waals surface area contributed by atoms with Crippen LogP contribution in [0.15, 0.2) is 158 Å². The van der Waals surface area contributed by atoms with Crippen LogP contribution < -0.4 is 20.7 Å². The van der Waals surface area contributed by atoms with Gasteiger partial charge in [-0.2, -0.15) is 0 Å². The van der Waals surface area contributed by atoms with Crippen LogP contribution in [0.4, 0.5) is 4.79 Å². The summed E-state index contributed by atoms with van der Waals surface area (Å²) < 4.78 is 82.9. The molecule has 17 heteroatoms. The van der Waals surface area contributed by atoms with Gasteiger partial charge in [-0.3, -0.25) is 9.69 Å². The lowest BCUT2D eigenvalue weighted by atomic mass is 9.78. The average molecular weight is 1460 g/mol. The molecule has 0 aromatic heterocycles. The number of nitrogens with zero attached hydrogens (tertiary/aromatic N) is 1. The highest BCUT2D eigenvalue weighted by Crippen LogP contribution is 2.51. The van der Waals surface area contributed by atoms with Crippen molar-refractivity contribution in [3.8, 4) is 0 Å². The number of carbonyl (C=O) groups excluding carboxylic acids is 2. The van der Waals surface area contributed by atoms with E-state index in [0.717, 1.165) is 58.9 Å². The van der Waals surface area contributed by atoms with Gasteiger partial charge in [0.15, 0.2) is 8.32 Å². The number of amides is 1. The van der Waals surface area contributed by atoms with E-state index in [0.29, 0.717) is 51.5 Å². The Morgan fingerprint density at radius 3 is 1.64 bits per heavy atom. The van der Waals surface area contributed by atoms with E-state index in [-0.39, 0.29) is 83.8 Å². The van der Waals surface area contributed by atoms with E-state index in [4.69, 9.17) is 57.8 Å². The fourth-order valence-electron chi connectivity index (χ4n) is 19.0. The van der Waals surface area contributed by atoms with Crippen molar-refractivity contribution in [2.24, 2.45) is 17.8 Å². The molecular weight excluding hydrogens is 1340 g/mol. The van der Waals surface area contributed by atoms with E-state index in [9.17, 15) is 4.79 Å². The smallest absolute Gasteiger partial charge is 0.412 e. The Morgan fingerprint density at radius 2 is 1.10 bits per heavy atom. The molecule has 0 spiro atoms. The molecule has 0 radical (unpaired) electrons. The lowest BCUT2D eigenvalue weighted by molar-refractivity contribution is -0.254. The van der Waals surface area contributed by atoms with E-state index < -0.39 is 96.2 Å². The predicted molar refractivity (Wildman–Crippen MR) is 416 cm³/mol. The molecule has 12 rings (SSSR count). The number of fused-ring (bicyclic) bond motifs is 7. The van der Waals surface area contributed by atoms with E-state index in [1.54, 1.807) is 4.90 Å². The first-order valence-corrected chi connectivity index (χ1v) is 45.7. The zero-order chi connectivity index (χ0) is 73.6. The zero-order valence-corrected chi connectivity index (χ0v) is 67.9. The maximum atomic E-state index is 15.6. The molecule has 8 aliphatic heterocycles. The molecule has 0 saturated carbocycles. The van der Waals surface area contributed by atoms with Gasteiger partial charge in [-0.25, -0.2) is 4.79 Å². The van der Waals surface area contributed by atoms with Crippen LogP contribution in [-0.2, 0) is 56.0 Å². The topological polar surface area (TPSA) is 139 Å². The number of Topliss-reactive ketones (excluding diaryl/α,β-unsaturated/α-hetero) is 1. The Bertz CT molecular complexity index is 3470. The molecular formula is C86H123NO13Si3. The van der Waals surface area contributed by atoms with E-state index in [2.05, 4.69) is 216 Å². The number of ketones is 1. The number of benzene rings is 4. The number of rotatable bonds is 15. The lowest BCUT2D eigenvalue weighted by Crippen LogP contribution is -2.73. The zero-order valence-electron chi connectivity index (χ0n) is 64.9. The summed E-state index contributed by atoms with van der Waals surface area (Å²) in [4.78, 5) is 31.0. The van der Waals surface area contributed by atoms with Gasteiger partial charge in [0.05, 0.1) is 73.7 Å². The van der Waals surface area contributed by atoms with Crippen LogP contribution in [0.2, 0.25) is 28.2 Å². The molecule has 8 heterocycles. The largest absolute Gasteiger partial charge is 0.444 e. The Kier molecular flexibility index (Phi) is 23.8. The van der Waals surface area contributed by atoms with Crippen LogP contribution in [0.3, 0.4) is 0 Å². The second kappa shape index (κ2) is 31.5. The van der Waals surface area contributed by atoms with Gasteiger partial charge >= 0.3 is 6.09 Å². The molecule has 8 bridgehead atoms. The number of ether oxygens (including phenoxy) is 8. The van der Waals surface area contributed by atoms with Crippen LogP contribution >= 0.6 is 0 Å². The van der Waals surface area contributed by atoms with Gasteiger partial charge < -0.3 is 51.2 Å². The first-order valence-electron chi connectivity index (χ1n) is 39.3. The molecule has 562 valence electrons. The molecule has 4 unspecified atom stereocenters. The molecule has 4 aromatic carbocycles. The third-order valence-corrected chi connectivity index (χ3v) is 39.4. The second-order valence-electron chi connectivity index (χ2n) is 35.1. The van der Waals surface area contributed by atoms with Crippen LogP contribution in [-0.4, -0.2) is 157 Å². The molecule has 19 atom stereocenters. The van der Waals surface area contributed by atoms with Crippen LogP contribution in [0.5, 0.6) is 0 Å². The first-order chi connectivity index (χ1) is 48.9. The van der Waals surface area contributed by atoms with Gasteiger partial charge in [-0.15, -0.1) is 0 Å². The normalized spacial score (nSPS) is 33.7. The third kappa shape index (κ3) is 16.4. The van der Waals surface area contributed by atoms with E-state index in [1.165, 1.54) is 10.4 Å². The summed E-state index contributed by atoms with van der Waals surface area (Å²) in [5, 5.41) is 3.84. The van der Waals surface area contributed by atoms with Crippen molar-refractivity contribution in [2.75, 3.05) is 6.54 Å². The first kappa shape index (κ1) is 77.9. The highest BCUT2D eigenvalue weighted by atomic mass is 28.4. The summed E-state index contributed by atoms with van der Waals surface area (Å²) in [5.74, 6) is 0.144. The Balaban J connectivity index is 0.975. The molecule has 4 aromatic rings. The minimum atomic E-state index is -3.42. The number of hydrogen-bond acceptors (Lipinski definition) is 13. The summed E-state index contributed by atoms with van der Waals surface area (Å²) in [7, 11) is -9.09. The summed E-state index contributed by atoms with van der Waals surface area (Å²) >= 11 is 0. The quantitative estimate of drug-likeness (QED) is 0.0825. The second-order valence-corrected chi connectivity index (χ2v) is 48.3. The Morgan fingerprint density at radius 1 is 0.563 bits per heavy atom. The fraction of sp³-hybridized carbons (Fsp3) is 0.628. The molecule has 103 heavy (non-hydrogen) atoms. The van der Waals surface area contributed by atoms with Gasteiger partial charge in [-0.1, -0.05) is 223 Å². The van der Waals surface area contributed by atoms with Gasteiger partial charge in [-0.05, 0) is 145 Å². The van der Waals surface area contributed by atoms with Gasteiger partial charge in [0.2, 0.25) is 0 Å². The average Bonchev–Trinajstić information content (AvgIpc) is 1.69. The summed E-state index contributed by atoms with van der Waals surface area (Å²) in [6.07, 6.45) is 4.06. The number of hydrogen-bond donors (Lipinski definition) is 0. The van der Waals surface area contributed by atoms with Gasteiger partial charge in [0.1, 0.15) is 47.6 Å². The van der Waals surface area contributed by atoms with Crippen molar-refractivity contribution in [3.63, 3.8) is 0 Å². The van der Waals surface area contributed by atoms with Crippen molar-refractivity contribution in [2.45, 2.75) is 319 Å². The molecule has 0 N–H and O–H groups in total. The van der Waals surface area contributed by atoms with Crippen LogP contribution in [0.25, 0.3) is 0 Å². The highest BCUT2D eigenvalue weighted by molar-refractivity contribution is 7.00. The van der Waals surface area contributed by atoms with Crippen molar-refractivity contribution in [1.29, 1.82) is 0 Å². The molecule has 7 fully saturated rings. The molecule has 0 aliphatic carbocycles. The minimum Gasteiger partial charge on any atom is -0.444 e. The van der Waals surface area contributed by atoms with Crippen molar-refractivity contribution >= 4 is 57.6 Å². The standard InChI is InChI=1S/C86H123NO13Si3/c1-19-101(20-2,21-3)98-64-43-42-61-49-57(5)71(90-61)46-44-62-48-56(4)58(6)74(91-62)54-75-70(59(7)73(93-75)53-65-55-87(86(17,18)96-65)82(89)97-83(8,9)10)51-60(88)50-63-45-47-72-77(92-63)81(100-103(85(14,15)16,68-38-30-24-31-39-68)69-40-32-25-33-41-69)80-79(94-72)78(76(52-64)95-80)99-102(84(11,12)13,66-34-26-22-27-35-66)67-36-28-23-29-37-67/h22-43,56,59,61-65,70-81H,5-6,19-21,44-55H2,1-4,7-18H3/b43-42+/t56-,59-,61+,62+,63?,64?,65+,70-,71?,72+,73-,74-,75?,76-,77+,78+,79+,80-,81+/m1/s1. The minimum absolute atomic E-state index is 0.0353. The highest BCUT2D eigenvalue weighted by Gasteiger charge is 2.65. The molecule has 8 aliphatic rings. The summed E-state index contributed by atoms with van der Waals surface area (Å²) in [6.45, 7) is 44.7. The Hall–Kier alpha value is -4.71. The Labute approximate surface area is 620 Å². The molecule has 7 saturated heterocycles. The van der Waals surface area contributed by atoms with Gasteiger partial charge in [0, 0.05) is 38.5 Å². The summed E-state index contributed by atoms with van der Waals surface area (Å²) in [5.41, 5.74) is 0.589. The molecule has 14 nitrogen and oxygen atoms in total. The van der Waals surface area contributed by atoms with Crippen molar-refractivity contribution < 1.29 is 60.8 Å². The fourth-order valence-corrected chi connectivity index (χ4v) is 31.2. The maximum absolute atomic E-state index is 15.6. The maximum Gasteiger partial charge on any atom is 0.412 e. The lowest BCUT2D eigenvalue weighted by Gasteiger charge is -2.53. The SMILES string of the molecule is C=C1C[C@@H]2/C=C/C(O[Si](CC)(CC)CC)C[C@H]3O[C@H]4[C@@H](O[Si](c5ccccc5)(c5ccccc5)C(C)(C)C)[C@H]5OC(CC[C@@H]5O[C@H]4[C@H]3O[Si](c3ccccc3)(c3ccccc3)C(C)(C)C)CC(=O)C[C@H]3C(C[C@H]4O[C@@H](CCC1O2)C[C@@H](C)C4=C)O[C@H](C[C@H]1CN(C(=O)OC(C)(C)C)C(C)(C)O1)[C@@H]3C. The van der Waals surface area contributed by atoms with E-state index >= 15 is 4.79 Å². The number of carbonyl (C=O) groups is 2. The van der Waals surface area contributed by atoms with Crippen LogP contribution in [0.1, 0.15) is 181 Å². The van der Waals surface area contributed by atoms with Gasteiger partial charge in [0.25, 0.3) is 16.6 Å². The van der Waals surface area contributed by atoms with Crippen LogP contribution in [0, 0.1) is 17.8 Å². The predicted octanol–water partition coefficient (Wildman–Crippen LogP) is 15.7. The summed E-state index contributed by atoms with van der Waals surface area (Å²) in [6, 6.07) is 46.6. The van der Waals surface area contributed by atoms with Crippen molar-refractivity contribution in [1.82, 2.24) is 4.90 Å². The van der Waals surface area contributed by atoms with E-state index in [1.807, 2.05) is 34.6 Å². The third-order valence-electron chi connectivity index (χ3n) is 24.7. The molecule has 1 amide bonds. The monoisotopic (exact) mass is 1460 g/mol.